The van der Waals surface area contributed by atoms with E-state index in [1.807, 2.05) is 0 Å². The average molecular weight is 226 g/mol. The zero-order valence-electron chi connectivity index (χ0n) is 11.6. The molecular formula is C14H30N2. The number of rotatable bonds is 5. The van der Waals surface area contributed by atoms with Gasteiger partial charge >= 0.3 is 0 Å². The van der Waals surface area contributed by atoms with E-state index in [4.69, 9.17) is 5.73 Å². The van der Waals surface area contributed by atoms with Gasteiger partial charge in [-0.25, -0.2) is 0 Å². The molecule has 0 aromatic heterocycles. The van der Waals surface area contributed by atoms with E-state index in [1.54, 1.807) is 0 Å². The van der Waals surface area contributed by atoms with Crippen LogP contribution in [0.15, 0.2) is 0 Å². The lowest BCUT2D eigenvalue weighted by Crippen LogP contribution is -2.55. The molecule has 0 amide bonds. The first-order valence-electron chi connectivity index (χ1n) is 7.02. The van der Waals surface area contributed by atoms with Gasteiger partial charge in [-0.15, -0.1) is 0 Å². The van der Waals surface area contributed by atoms with Gasteiger partial charge in [0.2, 0.25) is 0 Å². The molecule has 0 aromatic carbocycles. The monoisotopic (exact) mass is 226 g/mol. The number of likely N-dealkylation sites (N-methyl/N-ethyl adjacent to an activating group) is 1. The van der Waals surface area contributed by atoms with Crippen LogP contribution in [-0.2, 0) is 0 Å². The third-order valence-electron chi connectivity index (χ3n) is 4.98. The van der Waals surface area contributed by atoms with Gasteiger partial charge in [0.25, 0.3) is 0 Å². The van der Waals surface area contributed by atoms with Gasteiger partial charge in [-0.1, -0.05) is 20.8 Å². The van der Waals surface area contributed by atoms with E-state index in [0.717, 1.165) is 18.5 Å². The molecule has 0 unspecified atom stereocenters. The van der Waals surface area contributed by atoms with Crippen molar-refractivity contribution in [2.45, 2.75) is 70.9 Å². The molecular weight excluding hydrogens is 196 g/mol. The van der Waals surface area contributed by atoms with E-state index in [9.17, 15) is 0 Å². The third kappa shape index (κ3) is 2.78. The molecule has 96 valence electrons. The Labute approximate surface area is 102 Å². The lowest BCUT2D eigenvalue weighted by atomic mass is 9.82. The lowest BCUT2D eigenvalue weighted by molar-refractivity contribution is 0.0440. The van der Waals surface area contributed by atoms with Crippen LogP contribution in [0.25, 0.3) is 0 Å². The van der Waals surface area contributed by atoms with Gasteiger partial charge in [0, 0.05) is 18.1 Å². The Balaban J connectivity index is 2.64. The molecule has 0 atom stereocenters. The Hall–Kier alpha value is -0.0800. The Morgan fingerprint density at radius 3 is 2.00 bits per heavy atom. The Bertz CT molecular complexity index is 183. The highest BCUT2D eigenvalue weighted by Crippen LogP contribution is 2.32. The molecule has 2 N–H and O–H groups in total. The first kappa shape index (κ1) is 14.0. The van der Waals surface area contributed by atoms with E-state index in [2.05, 4.69) is 32.7 Å². The smallest absolute Gasteiger partial charge is 0.0326 e. The maximum atomic E-state index is 6.02. The maximum Gasteiger partial charge on any atom is 0.0326 e. The molecule has 0 aliphatic heterocycles. The highest BCUT2D eigenvalue weighted by atomic mass is 15.2. The van der Waals surface area contributed by atoms with Gasteiger partial charge in [-0.2, -0.15) is 0 Å². The van der Waals surface area contributed by atoms with Gasteiger partial charge in [-0.3, -0.25) is 4.90 Å². The van der Waals surface area contributed by atoms with Gasteiger partial charge in [-0.05, 0) is 51.5 Å². The van der Waals surface area contributed by atoms with Crippen molar-refractivity contribution in [3.63, 3.8) is 0 Å². The van der Waals surface area contributed by atoms with Crippen molar-refractivity contribution in [1.82, 2.24) is 4.90 Å². The first-order valence-corrected chi connectivity index (χ1v) is 7.02. The fourth-order valence-corrected chi connectivity index (χ4v) is 3.20. The zero-order valence-corrected chi connectivity index (χ0v) is 11.6. The number of nitrogens with zero attached hydrogens (tertiary/aromatic N) is 1. The van der Waals surface area contributed by atoms with Crippen molar-refractivity contribution < 1.29 is 0 Å². The van der Waals surface area contributed by atoms with E-state index < -0.39 is 0 Å². The van der Waals surface area contributed by atoms with Gasteiger partial charge in [0.15, 0.2) is 0 Å². The number of nitrogens with two attached hydrogens (primary N) is 1. The second-order valence-electron chi connectivity index (χ2n) is 5.66. The predicted molar refractivity (Wildman–Crippen MR) is 71.6 cm³/mol. The van der Waals surface area contributed by atoms with Crippen molar-refractivity contribution in [1.29, 1.82) is 0 Å². The molecule has 0 heterocycles. The largest absolute Gasteiger partial charge is 0.329 e. The summed E-state index contributed by atoms with van der Waals surface area (Å²) < 4.78 is 0. The SMILES string of the molecule is CCC(CC)(CN)N(C)C1CCC(C)CC1. The molecule has 1 aliphatic rings. The molecule has 0 bridgehead atoms. The number of hydrogen-bond donors (Lipinski definition) is 1. The first-order chi connectivity index (χ1) is 7.59. The van der Waals surface area contributed by atoms with Crippen LogP contribution in [0.1, 0.15) is 59.3 Å². The van der Waals surface area contributed by atoms with Crippen molar-refractivity contribution in [3.05, 3.63) is 0 Å². The summed E-state index contributed by atoms with van der Waals surface area (Å²) in [5.74, 6) is 0.931. The summed E-state index contributed by atoms with van der Waals surface area (Å²) in [4.78, 5) is 2.60. The van der Waals surface area contributed by atoms with Crippen LogP contribution in [0.3, 0.4) is 0 Å². The van der Waals surface area contributed by atoms with E-state index >= 15 is 0 Å². The average Bonchev–Trinajstić information content (AvgIpc) is 2.33. The van der Waals surface area contributed by atoms with E-state index in [0.29, 0.717) is 0 Å². The summed E-state index contributed by atoms with van der Waals surface area (Å²) in [5.41, 5.74) is 6.26. The fourth-order valence-electron chi connectivity index (χ4n) is 3.20. The van der Waals surface area contributed by atoms with Crippen molar-refractivity contribution in [3.8, 4) is 0 Å². The minimum atomic E-state index is 0.241. The molecule has 2 heteroatoms. The molecule has 16 heavy (non-hydrogen) atoms. The fraction of sp³-hybridized carbons (Fsp3) is 1.00. The minimum absolute atomic E-state index is 0.241. The van der Waals surface area contributed by atoms with E-state index in [-0.39, 0.29) is 5.54 Å². The summed E-state index contributed by atoms with van der Waals surface area (Å²) in [5, 5.41) is 0. The summed E-state index contributed by atoms with van der Waals surface area (Å²) in [6.45, 7) is 7.73. The zero-order chi connectivity index (χ0) is 12.2. The summed E-state index contributed by atoms with van der Waals surface area (Å²) >= 11 is 0. The minimum Gasteiger partial charge on any atom is -0.329 e. The molecule has 0 aromatic rings. The summed E-state index contributed by atoms with van der Waals surface area (Å²) in [7, 11) is 2.29. The predicted octanol–water partition coefficient (Wildman–Crippen LogP) is 3.01. The van der Waals surface area contributed by atoms with Gasteiger partial charge < -0.3 is 5.73 Å². The van der Waals surface area contributed by atoms with Crippen molar-refractivity contribution in [2.24, 2.45) is 11.7 Å². The summed E-state index contributed by atoms with van der Waals surface area (Å²) in [6.07, 6.45) is 7.84. The van der Waals surface area contributed by atoms with Crippen LogP contribution in [0.2, 0.25) is 0 Å². The molecule has 1 rings (SSSR count). The van der Waals surface area contributed by atoms with Gasteiger partial charge in [0.1, 0.15) is 0 Å². The molecule has 2 nitrogen and oxygen atoms in total. The third-order valence-corrected chi connectivity index (χ3v) is 4.98. The molecule has 1 aliphatic carbocycles. The molecule has 1 saturated carbocycles. The number of hydrogen-bond acceptors (Lipinski definition) is 2. The van der Waals surface area contributed by atoms with Crippen LogP contribution in [0.5, 0.6) is 0 Å². The summed E-state index contributed by atoms with van der Waals surface area (Å²) in [6, 6.07) is 0.764. The van der Waals surface area contributed by atoms with Crippen LogP contribution < -0.4 is 5.73 Å². The van der Waals surface area contributed by atoms with E-state index in [1.165, 1.54) is 38.5 Å². The van der Waals surface area contributed by atoms with Crippen LogP contribution >= 0.6 is 0 Å². The second-order valence-corrected chi connectivity index (χ2v) is 5.66. The normalized spacial score (nSPS) is 27.4. The van der Waals surface area contributed by atoms with Crippen molar-refractivity contribution in [2.75, 3.05) is 13.6 Å². The topological polar surface area (TPSA) is 29.3 Å². The lowest BCUT2D eigenvalue weighted by Gasteiger charge is -2.46. The molecule has 1 fully saturated rings. The highest BCUT2D eigenvalue weighted by Gasteiger charge is 2.34. The Kier molecular flexibility index (Phi) is 5.26. The van der Waals surface area contributed by atoms with Crippen LogP contribution in [-0.4, -0.2) is 30.1 Å². The van der Waals surface area contributed by atoms with Crippen LogP contribution in [0.4, 0.5) is 0 Å². The van der Waals surface area contributed by atoms with Gasteiger partial charge in [0.05, 0.1) is 0 Å². The van der Waals surface area contributed by atoms with Crippen LogP contribution in [0, 0.1) is 5.92 Å². The quantitative estimate of drug-likeness (QED) is 0.781. The van der Waals surface area contributed by atoms with Crippen molar-refractivity contribution >= 4 is 0 Å². The molecule has 0 spiro atoms. The maximum absolute atomic E-state index is 6.02. The molecule has 0 radical (unpaired) electrons. The highest BCUT2D eigenvalue weighted by molar-refractivity contribution is 4.92. The Morgan fingerprint density at radius 1 is 1.12 bits per heavy atom. The molecule has 0 saturated heterocycles. The Morgan fingerprint density at radius 2 is 1.62 bits per heavy atom. The second kappa shape index (κ2) is 6.02. The standard InChI is InChI=1S/C14H30N2/c1-5-14(6-2,11-15)16(4)13-9-7-12(3)8-10-13/h12-13H,5-11,15H2,1-4H3.